The lowest BCUT2D eigenvalue weighted by Gasteiger charge is -2.35. The van der Waals surface area contributed by atoms with E-state index >= 15 is 0 Å². The van der Waals surface area contributed by atoms with E-state index in [0.29, 0.717) is 57.3 Å². The van der Waals surface area contributed by atoms with Crippen LogP contribution in [0.1, 0.15) is 52.9 Å². The maximum absolute atomic E-state index is 12.5. The van der Waals surface area contributed by atoms with Crippen LogP contribution in [0.3, 0.4) is 0 Å². The van der Waals surface area contributed by atoms with Gasteiger partial charge >= 0.3 is 0 Å². The summed E-state index contributed by atoms with van der Waals surface area (Å²) in [6.45, 7) is 8.77. The molecule has 6 nitrogen and oxygen atoms in total. The van der Waals surface area contributed by atoms with Gasteiger partial charge in [0.05, 0.1) is 0 Å². The van der Waals surface area contributed by atoms with Gasteiger partial charge in [-0.05, 0) is 37.5 Å². The third-order valence-corrected chi connectivity index (χ3v) is 6.50. The quantitative estimate of drug-likeness (QED) is 0.823. The van der Waals surface area contributed by atoms with Crippen molar-refractivity contribution < 1.29 is 13.2 Å². The average molecular weight is 346 g/mol. The molecule has 0 saturated carbocycles. The van der Waals surface area contributed by atoms with Gasteiger partial charge in [0.15, 0.2) is 0 Å². The van der Waals surface area contributed by atoms with Crippen molar-refractivity contribution in [2.24, 2.45) is 11.8 Å². The first-order valence-corrected chi connectivity index (χ1v) is 10.3. The van der Waals surface area contributed by atoms with Crippen molar-refractivity contribution >= 4 is 16.1 Å². The minimum Gasteiger partial charge on any atom is -0.343 e. The number of hydrogen-bond donors (Lipinski definition) is 1. The molecule has 134 valence electrons. The van der Waals surface area contributed by atoms with Crippen LogP contribution in [0.5, 0.6) is 0 Å². The van der Waals surface area contributed by atoms with Gasteiger partial charge < -0.3 is 4.90 Å². The molecular formula is C16H31N3O3S. The Balaban J connectivity index is 1.80. The topological polar surface area (TPSA) is 69.7 Å². The predicted octanol–water partition coefficient (Wildman–Crippen LogP) is 1.59. The van der Waals surface area contributed by atoms with E-state index in [0.717, 1.165) is 12.8 Å². The fourth-order valence-electron chi connectivity index (χ4n) is 3.24. The summed E-state index contributed by atoms with van der Waals surface area (Å²) < 4.78 is 29.3. The zero-order chi connectivity index (χ0) is 17.0. The molecule has 0 aromatic rings. The number of piperidine rings is 2. The normalized spacial score (nSPS) is 22.7. The van der Waals surface area contributed by atoms with Crippen molar-refractivity contribution in [1.29, 1.82) is 0 Å². The molecule has 1 N–H and O–H groups in total. The average Bonchev–Trinajstić information content (AvgIpc) is 2.47. The summed E-state index contributed by atoms with van der Waals surface area (Å²) in [5.41, 5.74) is 0. The summed E-state index contributed by atoms with van der Waals surface area (Å²) in [6.07, 6.45) is 3.84. The number of amides is 1. The van der Waals surface area contributed by atoms with Crippen LogP contribution in [-0.2, 0) is 15.0 Å². The van der Waals surface area contributed by atoms with Gasteiger partial charge in [0, 0.05) is 38.6 Å². The summed E-state index contributed by atoms with van der Waals surface area (Å²) in [6, 6.07) is -0.0533. The van der Waals surface area contributed by atoms with E-state index in [4.69, 9.17) is 0 Å². The summed E-state index contributed by atoms with van der Waals surface area (Å²) in [4.78, 5) is 13.9. The fourth-order valence-corrected chi connectivity index (χ4v) is 4.73. The van der Waals surface area contributed by atoms with E-state index in [-0.39, 0.29) is 11.9 Å². The second-order valence-electron chi connectivity index (χ2n) is 7.46. The predicted molar refractivity (Wildman–Crippen MR) is 91.1 cm³/mol. The minimum atomic E-state index is -3.38. The first-order chi connectivity index (χ1) is 10.8. The Bertz CT molecular complexity index is 491. The zero-order valence-electron chi connectivity index (χ0n) is 14.6. The summed E-state index contributed by atoms with van der Waals surface area (Å²) in [5.74, 6) is 1.16. The second kappa shape index (κ2) is 7.94. The SMILES string of the molecule is CC(C)CC(=O)N1CCC(NS(=O)(=O)N2CCC(C)CC2)CC1. The van der Waals surface area contributed by atoms with E-state index < -0.39 is 10.2 Å². The molecule has 1 amide bonds. The van der Waals surface area contributed by atoms with Crippen LogP contribution >= 0.6 is 0 Å². The molecule has 2 fully saturated rings. The van der Waals surface area contributed by atoms with Crippen molar-refractivity contribution in [2.75, 3.05) is 26.2 Å². The summed E-state index contributed by atoms with van der Waals surface area (Å²) >= 11 is 0. The molecule has 2 aliphatic rings. The number of rotatable bonds is 5. The van der Waals surface area contributed by atoms with Gasteiger partial charge in [-0.3, -0.25) is 4.79 Å². The molecule has 7 heteroatoms. The molecule has 0 radical (unpaired) electrons. The van der Waals surface area contributed by atoms with Gasteiger partial charge in [0.1, 0.15) is 0 Å². The highest BCUT2D eigenvalue weighted by atomic mass is 32.2. The molecule has 23 heavy (non-hydrogen) atoms. The van der Waals surface area contributed by atoms with Gasteiger partial charge in [-0.2, -0.15) is 17.4 Å². The Kier molecular flexibility index (Phi) is 6.45. The third kappa shape index (κ3) is 5.43. The molecule has 2 heterocycles. The second-order valence-corrected chi connectivity index (χ2v) is 9.16. The van der Waals surface area contributed by atoms with Crippen LogP contribution < -0.4 is 4.72 Å². The molecule has 0 aromatic carbocycles. The van der Waals surface area contributed by atoms with Gasteiger partial charge in [-0.15, -0.1) is 0 Å². The lowest BCUT2D eigenvalue weighted by molar-refractivity contribution is -0.133. The van der Waals surface area contributed by atoms with Crippen LogP contribution in [0.2, 0.25) is 0 Å². The first kappa shape index (κ1) is 18.7. The maximum Gasteiger partial charge on any atom is 0.279 e. The van der Waals surface area contributed by atoms with E-state index in [1.165, 1.54) is 0 Å². The van der Waals surface area contributed by atoms with Crippen LogP contribution in [0.25, 0.3) is 0 Å². The van der Waals surface area contributed by atoms with Gasteiger partial charge in [0.2, 0.25) is 5.91 Å². The van der Waals surface area contributed by atoms with Crippen molar-refractivity contribution in [3.8, 4) is 0 Å². The Hall–Kier alpha value is -0.660. The van der Waals surface area contributed by atoms with Gasteiger partial charge in [-0.1, -0.05) is 20.8 Å². The Morgan fingerprint density at radius 3 is 2.17 bits per heavy atom. The molecule has 0 aliphatic carbocycles. The summed E-state index contributed by atoms with van der Waals surface area (Å²) in [5, 5.41) is 0. The maximum atomic E-state index is 12.5. The minimum absolute atomic E-state index is 0.0533. The highest BCUT2D eigenvalue weighted by molar-refractivity contribution is 7.87. The zero-order valence-corrected chi connectivity index (χ0v) is 15.4. The third-order valence-electron chi connectivity index (χ3n) is 4.83. The van der Waals surface area contributed by atoms with E-state index in [1.54, 1.807) is 4.31 Å². The molecule has 0 spiro atoms. The molecule has 2 aliphatic heterocycles. The van der Waals surface area contributed by atoms with E-state index in [9.17, 15) is 13.2 Å². The number of nitrogens with one attached hydrogen (secondary N) is 1. The van der Waals surface area contributed by atoms with Crippen molar-refractivity contribution in [1.82, 2.24) is 13.9 Å². The van der Waals surface area contributed by atoms with E-state index in [2.05, 4.69) is 11.6 Å². The Labute approximate surface area is 140 Å². The smallest absolute Gasteiger partial charge is 0.279 e. The fraction of sp³-hybridized carbons (Fsp3) is 0.938. The number of hydrogen-bond acceptors (Lipinski definition) is 3. The van der Waals surface area contributed by atoms with Crippen LogP contribution in [0.4, 0.5) is 0 Å². The molecule has 0 aromatic heterocycles. The number of nitrogens with zero attached hydrogens (tertiary/aromatic N) is 2. The summed E-state index contributed by atoms with van der Waals surface area (Å²) in [7, 11) is -3.38. The van der Waals surface area contributed by atoms with Gasteiger partial charge in [-0.25, -0.2) is 0 Å². The lowest BCUT2D eigenvalue weighted by Crippen LogP contribution is -2.51. The van der Waals surface area contributed by atoms with Crippen LogP contribution in [0, 0.1) is 11.8 Å². The number of likely N-dealkylation sites (tertiary alicyclic amines) is 1. The highest BCUT2D eigenvalue weighted by Gasteiger charge is 2.30. The Morgan fingerprint density at radius 2 is 1.65 bits per heavy atom. The molecule has 2 saturated heterocycles. The number of carbonyl (C=O) groups is 1. The van der Waals surface area contributed by atoms with Crippen molar-refractivity contribution in [2.45, 2.75) is 58.9 Å². The van der Waals surface area contributed by atoms with Crippen molar-refractivity contribution in [3.05, 3.63) is 0 Å². The number of carbonyl (C=O) groups excluding carboxylic acids is 1. The molecule has 2 rings (SSSR count). The standard InChI is InChI=1S/C16H31N3O3S/c1-13(2)12-16(20)18-8-6-15(7-9-18)17-23(21,22)19-10-4-14(3)5-11-19/h13-15,17H,4-12H2,1-3H3. The molecule has 0 unspecified atom stereocenters. The van der Waals surface area contributed by atoms with Crippen LogP contribution in [-0.4, -0.2) is 55.8 Å². The monoisotopic (exact) mass is 345 g/mol. The first-order valence-electron chi connectivity index (χ1n) is 8.83. The van der Waals surface area contributed by atoms with Gasteiger partial charge in [0.25, 0.3) is 10.2 Å². The lowest BCUT2D eigenvalue weighted by atomic mass is 10.0. The highest BCUT2D eigenvalue weighted by Crippen LogP contribution is 2.20. The van der Waals surface area contributed by atoms with E-state index in [1.807, 2.05) is 18.7 Å². The largest absolute Gasteiger partial charge is 0.343 e. The molecular weight excluding hydrogens is 314 g/mol. The molecule has 0 atom stereocenters. The van der Waals surface area contributed by atoms with Crippen LogP contribution in [0.15, 0.2) is 0 Å². The molecule has 0 bridgehead atoms. The Morgan fingerprint density at radius 1 is 1.09 bits per heavy atom. The van der Waals surface area contributed by atoms with Crippen molar-refractivity contribution in [3.63, 3.8) is 0 Å².